The summed E-state index contributed by atoms with van der Waals surface area (Å²) < 4.78 is 9.70. The van der Waals surface area contributed by atoms with Crippen LogP contribution in [0, 0.1) is 0 Å². The van der Waals surface area contributed by atoms with E-state index in [2.05, 4.69) is 13.2 Å². The van der Waals surface area contributed by atoms with Crippen molar-refractivity contribution in [3.63, 3.8) is 0 Å². The fraction of sp³-hybridized carbons (Fsp3) is 0.538. The molecule has 0 saturated heterocycles. The Kier molecular flexibility index (Phi) is 11.8. The molecule has 4 heteroatoms. The Labute approximate surface area is 104 Å². The quantitative estimate of drug-likeness (QED) is 0.551. The third-order valence-electron chi connectivity index (χ3n) is 1.45. The molecule has 0 bridgehead atoms. The Hall–Kier alpha value is -1.58. The number of hydrogen-bond acceptors (Lipinski definition) is 4. The smallest absolute Gasteiger partial charge is 0.333 e. The predicted octanol–water partition coefficient (Wildman–Crippen LogP) is 2.89. The summed E-state index contributed by atoms with van der Waals surface area (Å²) in [5.41, 5.74) is 0.626. The first-order chi connectivity index (χ1) is 6.84. The third-order valence-corrected chi connectivity index (χ3v) is 1.45. The second-order valence-electron chi connectivity index (χ2n) is 3.38. The predicted molar refractivity (Wildman–Crippen MR) is 69.6 cm³/mol. The molecule has 0 radical (unpaired) electrons. The summed E-state index contributed by atoms with van der Waals surface area (Å²) in [6.07, 6.45) is -0.488. The van der Waals surface area contributed by atoms with Gasteiger partial charge in [0, 0.05) is 11.1 Å². The summed E-state index contributed by atoms with van der Waals surface area (Å²) in [6.45, 7) is 11.6. The van der Waals surface area contributed by atoms with Gasteiger partial charge >= 0.3 is 11.9 Å². The van der Waals surface area contributed by atoms with Crippen LogP contribution >= 0.6 is 0 Å². The molecule has 0 amide bonds. The highest BCUT2D eigenvalue weighted by Gasteiger charge is 2.12. The van der Waals surface area contributed by atoms with Crippen LogP contribution in [0.2, 0.25) is 0 Å². The lowest BCUT2D eigenvalue weighted by atomic mass is 10.3. The van der Waals surface area contributed by atoms with Gasteiger partial charge in [-0.15, -0.1) is 0 Å². The van der Waals surface area contributed by atoms with E-state index in [0.717, 1.165) is 0 Å². The maximum absolute atomic E-state index is 11.1. The molecular formula is C13H24O4. The largest absolute Gasteiger partial charge is 0.458 e. The number of rotatable bonds is 5. The molecule has 0 heterocycles. The van der Waals surface area contributed by atoms with Crippen molar-refractivity contribution in [2.45, 2.75) is 41.7 Å². The van der Waals surface area contributed by atoms with Gasteiger partial charge in [0.1, 0.15) is 12.7 Å². The molecule has 17 heavy (non-hydrogen) atoms. The molecule has 100 valence electrons. The van der Waals surface area contributed by atoms with Gasteiger partial charge in [0.15, 0.2) is 0 Å². The number of ether oxygens (including phenoxy) is 2. The zero-order valence-corrected chi connectivity index (χ0v) is 9.33. The first-order valence-corrected chi connectivity index (χ1v) is 4.53. The Bertz CT molecular complexity index is 292. The van der Waals surface area contributed by atoms with Crippen LogP contribution in [0.25, 0.3) is 0 Å². The Morgan fingerprint density at radius 3 is 1.82 bits per heavy atom. The fourth-order valence-electron chi connectivity index (χ4n) is 0.634. The zero-order chi connectivity index (χ0) is 12.0. The van der Waals surface area contributed by atoms with E-state index in [1.807, 2.05) is 0 Å². The van der Waals surface area contributed by atoms with E-state index < -0.39 is 18.0 Å². The van der Waals surface area contributed by atoms with E-state index in [0.29, 0.717) is 11.1 Å². The average Bonchev–Trinajstić information content (AvgIpc) is 2.13. The van der Waals surface area contributed by atoms with E-state index in [4.69, 9.17) is 9.47 Å². The molecule has 1 atom stereocenters. The van der Waals surface area contributed by atoms with E-state index in [9.17, 15) is 9.59 Å². The first kappa shape index (κ1) is 20.8. The van der Waals surface area contributed by atoms with Crippen LogP contribution in [0.3, 0.4) is 0 Å². The molecule has 0 N–H and O–H groups in total. The third kappa shape index (κ3) is 9.35. The molecule has 0 aromatic carbocycles. The molecule has 0 aromatic rings. The van der Waals surface area contributed by atoms with Crippen molar-refractivity contribution in [3.8, 4) is 0 Å². The zero-order valence-electron chi connectivity index (χ0n) is 9.33. The van der Waals surface area contributed by atoms with Gasteiger partial charge in [-0.1, -0.05) is 28.0 Å². The second-order valence-corrected chi connectivity index (χ2v) is 3.38. The number of carbonyl (C=O) groups excluding carboxylic acids is 2. The maximum atomic E-state index is 11.1. The Balaban J connectivity index is -0.000000980. The molecule has 4 nitrogen and oxygen atoms in total. The van der Waals surface area contributed by atoms with Crippen molar-refractivity contribution in [3.05, 3.63) is 24.3 Å². The van der Waals surface area contributed by atoms with Crippen LogP contribution in [-0.2, 0) is 19.1 Å². The molecule has 0 aromatic heterocycles. The fourth-order valence-corrected chi connectivity index (χ4v) is 0.634. The monoisotopic (exact) mass is 244 g/mol. The maximum Gasteiger partial charge on any atom is 0.333 e. The minimum Gasteiger partial charge on any atom is -0.458 e. The van der Waals surface area contributed by atoms with Gasteiger partial charge in [-0.25, -0.2) is 9.59 Å². The standard InChI is InChI=1S/C11H16O4.2CH4/c1-7(2)10(12)14-6-9(5)15-11(13)8(3)4;;/h9H,1,3,6H2,2,4-5H3;2*1H4. The topological polar surface area (TPSA) is 52.6 Å². The second kappa shape index (κ2) is 9.63. The molecule has 0 rings (SSSR count). The van der Waals surface area contributed by atoms with Crippen LogP contribution in [-0.4, -0.2) is 24.6 Å². The van der Waals surface area contributed by atoms with Crippen molar-refractivity contribution in [1.82, 2.24) is 0 Å². The lowest BCUT2D eigenvalue weighted by Gasteiger charge is -2.13. The highest BCUT2D eigenvalue weighted by Crippen LogP contribution is 2.00. The molecule has 0 aliphatic rings. The summed E-state index contributed by atoms with van der Waals surface area (Å²) >= 11 is 0. The van der Waals surface area contributed by atoms with Crippen LogP contribution in [0.4, 0.5) is 0 Å². The average molecular weight is 244 g/mol. The van der Waals surface area contributed by atoms with Gasteiger partial charge in [0.2, 0.25) is 0 Å². The molecule has 1 unspecified atom stereocenters. The van der Waals surface area contributed by atoms with Gasteiger partial charge in [0.25, 0.3) is 0 Å². The molecule has 0 fully saturated rings. The van der Waals surface area contributed by atoms with Gasteiger partial charge in [0.05, 0.1) is 0 Å². The number of esters is 2. The summed E-state index contributed by atoms with van der Waals surface area (Å²) in [5, 5.41) is 0. The van der Waals surface area contributed by atoms with Gasteiger partial charge < -0.3 is 9.47 Å². The molecule has 0 saturated carbocycles. The minimum atomic E-state index is -0.492. The minimum absolute atomic E-state index is 0. The lowest BCUT2D eigenvalue weighted by molar-refractivity contribution is -0.152. The van der Waals surface area contributed by atoms with Gasteiger partial charge in [-0.05, 0) is 20.8 Å². The summed E-state index contributed by atoms with van der Waals surface area (Å²) in [7, 11) is 0. The summed E-state index contributed by atoms with van der Waals surface area (Å²) in [5.74, 6) is -0.984. The van der Waals surface area contributed by atoms with Crippen LogP contribution in [0.5, 0.6) is 0 Å². The number of carbonyl (C=O) groups is 2. The van der Waals surface area contributed by atoms with Gasteiger partial charge in [-0.3, -0.25) is 0 Å². The number of hydrogen-bond donors (Lipinski definition) is 0. The van der Waals surface area contributed by atoms with E-state index in [1.165, 1.54) is 0 Å². The molecule has 0 spiro atoms. The van der Waals surface area contributed by atoms with Crippen LogP contribution in [0.1, 0.15) is 35.6 Å². The normalized spacial score (nSPS) is 10.1. The molecule has 0 aliphatic heterocycles. The van der Waals surface area contributed by atoms with Gasteiger partial charge in [-0.2, -0.15) is 0 Å². The van der Waals surface area contributed by atoms with Crippen LogP contribution in [0.15, 0.2) is 24.3 Å². The molecule has 0 aliphatic carbocycles. The summed E-state index contributed by atoms with van der Waals surface area (Å²) in [4.78, 5) is 22.0. The lowest BCUT2D eigenvalue weighted by Crippen LogP contribution is -2.22. The summed E-state index contributed by atoms with van der Waals surface area (Å²) in [6, 6.07) is 0. The highest BCUT2D eigenvalue weighted by atomic mass is 16.6. The van der Waals surface area contributed by atoms with Crippen molar-refractivity contribution >= 4 is 11.9 Å². The van der Waals surface area contributed by atoms with Crippen molar-refractivity contribution in [2.75, 3.05) is 6.61 Å². The van der Waals surface area contributed by atoms with E-state index >= 15 is 0 Å². The van der Waals surface area contributed by atoms with E-state index in [1.54, 1.807) is 20.8 Å². The Morgan fingerprint density at radius 1 is 1.06 bits per heavy atom. The SMILES string of the molecule is C.C.C=C(C)C(=O)OCC(C)OC(=O)C(=C)C. The Morgan fingerprint density at radius 2 is 1.47 bits per heavy atom. The molecular weight excluding hydrogens is 220 g/mol. The van der Waals surface area contributed by atoms with E-state index in [-0.39, 0.29) is 21.5 Å². The first-order valence-electron chi connectivity index (χ1n) is 4.53. The van der Waals surface area contributed by atoms with Crippen molar-refractivity contribution in [1.29, 1.82) is 0 Å². The van der Waals surface area contributed by atoms with Crippen LogP contribution < -0.4 is 0 Å². The highest BCUT2D eigenvalue weighted by molar-refractivity contribution is 5.87. The van der Waals surface area contributed by atoms with Crippen molar-refractivity contribution in [2.24, 2.45) is 0 Å². The van der Waals surface area contributed by atoms with Crippen molar-refractivity contribution < 1.29 is 19.1 Å².